The maximum atomic E-state index is 13.4. The summed E-state index contributed by atoms with van der Waals surface area (Å²) in [6.45, 7) is 6.50. The van der Waals surface area contributed by atoms with Gasteiger partial charge in [-0.25, -0.2) is 4.79 Å². The molecule has 0 bridgehead atoms. The van der Waals surface area contributed by atoms with Crippen molar-refractivity contribution in [2.45, 2.75) is 46.2 Å². The van der Waals surface area contributed by atoms with Crippen LogP contribution in [-0.2, 0) is 27.4 Å². The molecule has 0 saturated heterocycles. The van der Waals surface area contributed by atoms with Gasteiger partial charge >= 0.3 is 5.97 Å². The standard InChI is InChI=1S/C31H32N2O4/c1-4-37-31(36)29-22(3)33(28(34)18-27(29)26-16-9-8-11-21(26)2)20-24-14-10-15-25(17-24)30(35)32-19-23-12-6-5-7-13-23/h5-17,27H,4,18-20H2,1-3H3,(H,32,35). The summed E-state index contributed by atoms with van der Waals surface area (Å²) < 4.78 is 5.40. The number of nitrogens with zero attached hydrogens (tertiary/aromatic N) is 1. The zero-order valence-electron chi connectivity index (χ0n) is 21.5. The SMILES string of the molecule is CCOC(=O)C1=C(C)N(Cc2cccc(C(=O)NCc3ccccc3)c2)C(=O)CC1c1ccccc1C. The topological polar surface area (TPSA) is 75.7 Å². The van der Waals surface area contributed by atoms with Gasteiger partial charge in [0.25, 0.3) is 5.91 Å². The van der Waals surface area contributed by atoms with Crippen molar-refractivity contribution in [1.82, 2.24) is 10.2 Å². The van der Waals surface area contributed by atoms with Crippen molar-refractivity contribution in [3.63, 3.8) is 0 Å². The molecule has 6 nitrogen and oxygen atoms in total. The molecule has 3 aromatic rings. The monoisotopic (exact) mass is 496 g/mol. The van der Waals surface area contributed by atoms with Gasteiger partial charge in [-0.1, -0.05) is 66.7 Å². The fraction of sp³-hybridized carbons (Fsp3) is 0.258. The van der Waals surface area contributed by atoms with Gasteiger partial charge in [0.2, 0.25) is 5.91 Å². The molecule has 37 heavy (non-hydrogen) atoms. The Hall–Kier alpha value is -4.19. The third-order valence-corrected chi connectivity index (χ3v) is 6.71. The lowest BCUT2D eigenvalue weighted by molar-refractivity contribution is -0.140. The van der Waals surface area contributed by atoms with Crippen LogP contribution in [-0.4, -0.2) is 29.3 Å². The van der Waals surface area contributed by atoms with Crippen molar-refractivity contribution in [3.05, 3.63) is 118 Å². The summed E-state index contributed by atoms with van der Waals surface area (Å²) in [7, 11) is 0. The molecule has 0 fully saturated rings. The van der Waals surface area contributed by atoms with Crippen molar-refractivity contribution in [1.29, 1.82) is 0 Å². The second-order valence-corrected chi connectivity index (χ2v) is 9.18. The van der Waals surface area contributed by atoms with Crippen LogP contribution in [0.2, 0.25) is 0 Å². The average Bonchev–Trinajstić information content (AvgIpc) is 2.90. The lowest BCUT2D eigenvalue weighted by Crippen LogP contribution is -2.38. The van der Waals surface area contributed by atoms with E-state index in [9.17, 15) is 14.4 Å². The Balaban J connectivity index is 1.59. The lowest BCUT2D eigenvalue weighted by Gasteiger charge is -2.35. The van der Waals surface area contributed by atoms with Gasteiger partial charge in [-0.15, -0.1) is 0 Å². The van der Waals surface area contributed by atoms with Crippen molar-refractivity contribution < 1.29 is 19.1 Å². The molecule has 1 N–H and O–H groups in total. The van der Waals surface area contributed by atoms with Gasteiger partial charge in [0.1, 0.15) is 0 Å². The molecule has 1 atom stereocenters. The van der Waals surface area contributed by atoms with E-state index in [1.165, 1.54) is 0 Å². The zero-order chi connectivity index (χ0) is 26.4. The molecule has 0 spiro atoms. The van der Waals surface area contributed by atoms with Crippen LogP contribution in [0.15, 0.2) is 90.1 Å². The Morgan fingerprint density at radius 3 is 2.38 bits per heavy atom. The van der Waals surface area contributed by atoms with Crippen molar-refractivity contribution in [3.8, 4) is 0 Å². The maximum Gasteiger partial charge on any atom is 0.336 e. The molecular formula is C31H32N2O4. The number of hydrogen-bond acceptors (Lipinski definition) is 4. The first-order valence-corrected chi connectivity index (χ1v) is 12.5. The van der Waals surface area contributed by atoms with E-state index < -0.39 is 5.97 Å². The van der Waals surface area contributed by atoms with Crippen LogP contribution in [0.1, 0.15) is 58.8 Å². The van der Waals surface area contributed by atoms with Crippen LogP contribution in [0.4, 0.5) is 0 Å². The van der Waals surface area contributed by atoms with Gasteiger partial charge in [0.05, 0.1) is 18.7 Å². The second-order valence-electron chi connectivity index (χ2n) is 9.18. The molecule has 1 aliphatic rings. The quantitative estimate of drug-likeness (QED) is 0.431. The van der Waals surface area contributed by atoms with Gasteiger partial charge in [0, 0.05) is 30.1 Å². The highest BCUT2D eigenvalue weighted by Gasteiger charge is 2.37. The van der Waals surface area contributed by atoms with E-state index in [4.69, 9.17) is 4.74 Å². The molecule has 1 unspecified atom stereocenters. The highest BCUT2D eigenvalue weighted by Crippen LogP contribution is 2.38. The molecule has 3 aromatic carbocycles. The molecule has 0 aromatic heterocycles. The minimum absolute atomic E-state index is 0.0715. The Morgan fingerprint density at radius 2 is 1.65 bits per heavy atom. The number of rotatable bonds is 8. The molecule has 1 heterocycles. The fourth-order valence-electron chi connectivity index (χ4n) is 4.79. The number of carbonyl (C=O) groups is 3. The number of carbonyl (C=O) groups excluding carboxylic acids is 3. The van der Waals surface area contributed by atoms with E-state index in [1.807, 2.05) is 73.7 Å². The van der Waals surface area contributed by atoms with Crippen LogP contribution < -0.4 is 5.32 Å². The number of nitrogens with one attached hydrogen (secondary N) is 1. The number of hydrogen-bond donors (Lipinski definition) is 1. The highest BCUT2D eigenvalue weighted by atomic mass is 16.5. The predicted molar refractivity (Wildman–Crippen MR) is 142 cm³/mol. The fourth-order valence-corrected chi connectivity index (χ4v) is 4.79. The van der Waals surface area contributed by atoms with Crippen LogP contribution in [0.5, 0.6) is 0 Å². The number of ether oxygens (including phenoxy) is 1. The minimum atomic E-state index is -0.403. The van der Waals surface area contributed by atoms with Gasteiger partial charge < -0.3 is 15.0 Å². The Bertz CT molecular complexity index is 1330. The van der Waals surface area contributed by atoms with E-state index in [0.29, 0.717) is 23.4 Å². The van der Waals surface area contributed by atoms with E-state index in [-0.39, 0.29) is 37.3 Å². The number of benzene rings is 3. The zero-order valence-corrected chi connectivity index (χ0v) is 21.5. The summed E-state index contributed by atoms with van der Waals surface area (Å²) in [6, 6.07) is 24.8. The van der Waals surface area contributed by atoms with E-state index in [0.717, 1.165) is 22.3 Å². The largest absolute Gasteiger partial charge is 0.463 e. The van der Waals surface area contributed by atoms with Crippen LogP contribution >= 0.6 is 0 Å². The van der Waals surface area contributed by atoms with Gasteiger partial charge in [-0.2, -0.15) is 0 Å². The second kappa shape index (κ2) is 11.7. The minimum Gasteiger partial charge on any atom is -0.463 e. The van der Waals surface area contributed by atoms with E-state index in [1.54, 1.807) is 30.9 Å². The number of allylic oxidation sites excluding steroid dienone is 1. The number of aryl methyl sites for hydroxylation is 1. The molecule has 0 aliphatic carbocycles. The summed E-state index contributed by atoms with van der Waals surface area (Å²) in [5.41, 5.74) is 5.41. The Morgan fingerprint density at radius 1 is 0.946 bits per heavy atom. The third-order valence-electron chi connectivity index (χ3n) is 6.71. The van der Waals surface area contributed by atoms with Gasteiger partial charge in [-0.05, 0) is 55.2 Å². The van der Waals surface area contributed by atoms with Crippen LogP contribution in [0, 0.1) is 6.92 Å². The Kier molecular flexibility index (Phi) is 8.18. The van der Waals surface area contributed by atoms with Crippen LogP contribution in [0.3, 0.4) is 0 Å². The summed E-state index contributed by atoms with van der Waals surface area (Å²) >= 11 is 0. The molecule has 2 amide bonds. The molecule has 0 radical (unpaired) electrons. The predicted octanol–water partition coefficient (Wildman–Crippen LogP) is 5.28. The summed E-state index contributed by atoms with van der Waals surface area (Å²) in [6.07, 6.45) is 0.174. The number of amides is 2. The lowest BCUT2D eigenvalue weighted by atomic mass is 9.81. The summed E-state index contributed by atoms with van der Waals surface area (Å²) in [5.74, 6) is -1.02. The third kappa shape index (κ3) is 5.97. The van der Waals surface area contributed by atoms with Crippen molar-refractivity contribution in [2.24, 2.45) is 0 Å². The summed E-state index contributed by atoms with van der Waals surface area (Å²) in [4.78, 5) is 40.8. The first kappa shape index (κ1) is 25.9. The van der Waals surface area contributed by atoms with Gasteiger partial charge in [-0.3, -0.25) is 9.59 Å². The Labute approximate surface area is 218 Å². The molecular weight excluding hydrogens is 464 g/mol. The first-order valence-electron chi connectivity index (χ1n) is 12.5. The molecule has 0 saturated carbocycles. The molecule has 4 rings (SSSR count). The molecule has 1 aliphatic heterocycles. The average molecular weight is 497 g/mol. The van der Waals surface area contributed by atoms with Gasteiger partial charge in [0.15, 0.2) is 0 Å². The molecule has 6 heteroatoms. The maximum absolute atomic E-state index is 13.4. The molecule has 190 valence electrons. The van der Waals surface area contributed by atoms with Crippen LogP contribution in [0.25, 0.3) is 0 Å². The smallest absolute Gasteiger partial charge is 0.336 e. The first-order chi connectivity index (χ1) is 17.9. The van der Waals surface area contributed by atoms with E-state index >= 15 is 0 Å². The highest BCUT2D eigenvalue weighted by molar-refractivity contribution is 5.96. The number of esters is 1. The normalized spacial score (nSPS) is 15.5. The summed E-state index contributed by atoms with van der Waals surface area (Å²) in [5, 5.41) is 2.94. The van der Waals surface area contributed by atoms with E-state index in [2.05, 4.69) is 5.32 Å². The van der Waals surface area contributed by atoms with Crippen molar-refractivity contribution in [2.75, 3.05) is 6.61 Å². The van der Waals surface area contributed by atoms with Crippen molar-refractivity contribution >= 4 is 17.8 Å².